The monoisotopic (exact) mass is 426 g/mol. The minimum atomic E-state index is -0.470. The van der Waals surface area contributed by atoms with Crippen LogP contribution < -0.4 is 4.90 Å². The van der Waals surface area contributed by atoms with Crippen LogP contribution in [0.5, 0.6) is 5.75 Å². The highest BCUT2D eigenvalue weighted by atomic mass is 16.6. The summed E-state index contributed by atoms with van der Waals surface area (Å²) in [5.41, 5.74) is 1.61. The summed E-state index contributed by atoms with van der Waals surface area (Å²) in [6, 6.07) is 21.8. The molecule has 0 unspecified atom stereocenters. The van der Waals surface area contributed by atoms with E-state index in [0.29, 0.717) is 35.1 Å². The first kappa shape index (κ1) is 20.6. The van der Waals surface area contributed by atoms with Gasteiger partial charge in [0.05, 0.1) is 22.8 Å². The van der Waals surface area contributed by atoms with Crippen molar-refractivity contribution in [1.82, 2.24) is 9.97 Å². The van der Waals surface area contributed by atoms with E-state index in [9.17, 15) is 15.2 Å². The number of hydrogen-bond acceptors (Lipinski definition) is 8. The van der Waals surface area contributed by atoms with E-state index >= 15 is 0 Å². The van der Waals surface area contributed by atoms with Crippen molar-refractivity contribution in [2.24, 2.45) is 10.2 Å². The number of anilines is 2. The number of nitro benzene ring substituents is 1. The summed E-state index contributed by atoms with van der Waals surface area (Å²) in [5, 5.41) is 29.5. The number of nitrogens with zero attached hydrogens (tertiary/aromatic N) is 6. The van der Waals surface area contributed by atoms with E-state index in [-0.39, 0.29) is 11.4 Å². The lowest BCUT2D eigenvalue weighted by molar-refractivity contribution is -0.384. The Labute approximate surface area is 183 Å². The van der Waals surface area contributed by atoms with Crippen LogP contribution in [-0.4, -0.2) is 20.0 Å². The number of azo groups is 1. The van der Waals surface area contributed by atoms with Gasteiger partial charge in [0.2, 0.25) is 0 Å². The van der Waals surface area contributed by atoms with Crippen molar-refractivity contribution < 1.29 is 10.0 Å². The van der Waals surface area contributed by atoms with Crippen LogP contribution in [0.4, 0.5) is 28.7 Å². The van der Waals surface area contributed by atoms with Crippen LogP contribution in [0.1, 0.15) is 5.56 Å². The number of aromatic hydroxyl groups is 1. The van der Waals surface area contributed by atoms with Gasteiger partial charge in [-0.25, -0.2) is 9.97 Å². The van der Waals surface area contributed by atoms with Crippen molar-refractivity contribution in [3.8, 4) is 5.75 Å². The van der Waals surface area contributed by atoms with E-state index in [1.807, 2.05) is 41.3 Å². The summed E-state index contributed by atoms with van der Waals surface area (Å²) in [6.45, 7) is 0.306. The van der Waals surface area contributed by atoms with Crippen molar-refractivity contribution in [1.29, 1.82) is 0 Å². The van der Waals surface area contributed by atoms with E-state index in [4.69, 9.17) is 0 Å². The molecule has 0 aliphatic carbocycles. The summed E-state index contributed by atoms with van der Waals surface area (Å²) < 4.78 is 0. The fourth-order valence-electron chi connectivity index (χ4n) is 2.99. The summed E-state index contributed by atoms with van der Waals surface area (Å²) in [4.78, 5) is 21.0. The van der Waals surface area contributed by atoms with Gasteiger partial charge in [-0.15, -0.1) is 0 Å². The second kappa shape index (κ2) is 9.43. The molecule has 0 saturated heterocycles. The Balaban J connectivity index is 1.60. The van der Waals surface area contributed by atoms with Crippen molar-refractivity contribution in [2.45, 2.75) is 6.54 Å². The largest absolute Gasteiger partial charge is 0.508 e. The van der Waals surface area contributed by atoms with Gasteiger partial charge in [0.25, 0.3) is 5.69 Å². The van der Waals surface area contributed by atoms with Gasteiger partial charge in [-0.2, -0.15) is 10.2 Å². The molecule has 4 aromatic rings. The van der Waals surface area contributed by atoms with Gasteiger partial charge in [-0.1, -0.05) is 12.1 Å². The Hall–Kier alpha value is -4.66. The van der Waals surface area contributed by atoms with Crippen LogP contribution in [0.25, 0.3) is 0 Å². The average molecular weight is 426 g/mol. The molecule has 4 rings (SSSR count). The van der Waals surface area contributed by atoms with Crippen molar-refractivity contribution in [2.75, 3.05) is 4.90 Å². The van der Waals surface area contributed by atoms with Crippen molar-refractivity contribution >= 4 is 28.7 Å². The zero-order valence-electron chi connectivity index (χ0n) is 16.8. The maximum Gasteiger partial charge on any atom is 0.269 e. The summed E-state index contributed by atoms with van der Waals surface area (Å²) in [5.74, 6) is 1.48. The molecule has 32 heavy (non-hydrogen) atoms. The minimum absolute atomic E-state index is 0.0139. The van der Waals surface area contributed by atoms with Gasteiger partial charge < -0.3 is 10.0 Å². The van der Waals surface area contributed by atoms with Crippen molar-refractivity contribution in [3.05, 3.63) is 107 Å². The Morgan fingerprint density at radius 2 is 1.44 bits per heavy atom. The lowest BCUT2D eigenvalue weighted by Gasteiger charge is -2.23. The zero-order chi connectivity index (χ0) is 22.3. The average Bonchev–Trinajstić information content (AvgIpc) is 2.84. The normalized spacial score (nSPS) is 10.9. The van der Waals surface area contributed by atoms with Gasteiger partial charge in [0.1, 0.15) is 17.4 Å². The molecule has 1 N–H and O–H groups in total. The third-order valence-corrected chi connectivity index (χ3v) is 4.58. The molecule has 0 amide bonds. The molecule has 0 aliphatic rings. The van der Waals surface area contributed by atoms with E-state index < -0.39 is 4.92 Å². The molecule has 9 heteroatoms. The summed E-state index contributed by atoms with van der Waals surface area (Å²) in [7, 11) is 0. The Morgan fingerprint density at radius 1 is 0.844 bits per heavy atom. The SMILES string of the molecule is O=[N+]([O-])c1ccc(N=Nc2ccc(O)c(CN(c3ccccn3)c3ccccn3)c2)cc1. The first-order valence-electron chi connectivity index (χ1n) is 9.68. The molecule has 2 heterocycles. The lowest BCUT2D eigenvalue weighted by atomic mass is 10.1. The molecule has 9 nitrogen and oxygen atoms in total. The number of phenolic OH excluding ortho intramolecular Hbond substituents is 1. The predicted molar refractivity (Wildman–Crippen MR) is 120 cm³/mol. The highest BCUT2D eigenvalue weighted by Gasteiger charge is 2.15. The molecule has 2 aromatic heterocycles. The molecule has 0 radical (unpaired) electrons. The number of pyridine rings is 2. The van der Waals surface area contributed by atoms with E-state index in [0.717, 1.165) is 0 Å². The fraction of sp³-hybridized carbons (Fsp3) is 0.0435. The molecule has 0 aliphatic heterocycles. The maximum absolute atomic E-state index is 10.8. The van der Waals surface area contributed by atoms with Gasteiger partial charge in [-0.05, 0) is 54.6 Å². The van der Waals surface area contributed by atoms with E-state index in [1.54, 1.807) is 30.6 Å². The number of rotatable bonds is 7. The topological polar surface area (TPSA) is 117 Å². The number of benzene rings is 2. The van der Waals surface area contributed by atoms with Crippen LogP contribution in [0.15, 0.2) is 101 Å². The minimum Gasteiger partial charge on any atom is -0.508 e. The Kier molecular flexibility index (Phi) is 6.08. The predicted octanol–water partition coefficient (Wildman–Crippen LogP) is 5.84. The van der Waals surface area contributed by atoms with Crippen LogP contribution in [0.3, 0.4) is 0 Å². The van der Waals surface area contributed by atoms with Crippen LogP contribution in [-0.2, 0) is 6.54 Å². The first-order valence-corrected chi connectivity index (χ1v) is 9.68. The summed E-state index contributed by atoms with van der Waals surface area (Å²) >= 11 is 0. The smallest absolute Gasteiger partial charge is 0.269 e. The molecular formula is C23H18N6O3. The molecule has 0 atom stereocenters. The third-order valence-electron chi connectivity index (χ3n) is 4.58. The van der Waals surface area contributed by atoms with E-state index in [2.05, 4.69) is 20.2 Å². The van der Waals surface area contributed by atoms with Crippen LogP contribution in [0, 0.1) is 10.1 Å². The van der Waals surface area contributed by atoms with E-state index in [1.165, 1.54) is 24.3 Å². The molecule has 0 spiro atoms. The molecule has 0 fully saturated rings. The number of hydrogen-bond donors (Lipinski definition) is 1. The lowest BCUT2D eigenvalue weighted by Crippen LogP contribution is -2.18. The van der Waals surface area contributed by atoms with Crippen molar-refractivity contribution in [3.63, 3.8) is 0 Å². The van der Waals surface area contributed by atoms with Gasteiger partial charge in [-0.3, -0.25) is 10.1 Å². The number of phenols is 1. The highest BCUT2D eigenvalue weighted by molar-refractivity contribution is 5.58. The standard InChI is InChI=1S/C23H18N6O3/c30-21-12-9-19(27-26-18-7-10-20(11-8-18)29(31)32)15-17(21)16-28(22-5-1-3-13-24-22)23-6-2-4-14-25-23/h1-15,30H,16H2. The number of non-ortho nitro benzene ring substituents is 1. The zero-order valence-corrected chi connectivity index (χ0v) is 16.8. The molecule has 158 valence electrons. The first-order chi connectivity index (χ1) is 15.6. The fourth-order valence-corrected chi connectivity index (χ4v) is 2.99. The highest BCUT2D eigenvalue weighted by Crippen LogP contribution is 2.30. The van der Waals surface area contributed by atoms with Gasteiger partial charge in [0.15, 0.2) is 0 Å². The number of aromatic nitrogens is 2. The molecule has 2 aromatic carbocycles. The van der Waals surface area contributed by atoms with Gasteiger partial charge in [0, 0.05) is 30.1 Å². The Morgan fingerprint density at radius 3 is 2.00 bits per heavy atom. The van der Waals surface area contributed by atoms with Crippen LogP contribution in [0.2, 0.25) is 0 Å². The Bertz CT molecular complexity index is 1190. The second-order valence-corrected chi connectivity index (χ2v) is 6.75. The van der Waals surface area contributed by atoms with Crippen LogP contribution >= 0.6 is 0 Å². The summed E-state index contributed by atoms with van der Waals surface area (Å²) in [6.07, 6.45) is 3.39. The molecular weight excluding hydrogens is 408 g/mol. The maximum atomic E-state index is 10.8. The van der Waals surface area contributed by atoms with Gasteiger partial charge >= 0.3 is 0 Å². The quantitative estimate of drug-likeness (QED) is 0.225. The third kappa shape index (κ3) is 4.90. The molecule has 0 saturated carbocycles. The second-order valence-electron chi connectivity index (χ2n) is 6.75. The molecule has 0 bridgehead atoms. The number of nitro groups is 1.